The molecular weight excluding hydrogens is 207 g/mol. The number of halogens is 1. The number of Topliss-reactive ketones (excluding diaryl/α,β-unsaturated/α-hetero) is 1. The van der Waals surface area contributed by atoms with E-state index in [9.17, 15) is 9.18 Å². The monoisotopic (exact) mass is 218 g/mol. The molecule has 4 heteroatoms. The fourth-order valence-electron chi connectivity index (χ4n) is 1.63. The predicted octanol–water partition coefficient (Wildman–Crippen LogP) is 2.52. The molecule has 0 aliphatic heterocycles. The third-order valence-electron chi connectivity index (χ3n) is 2.42. The molecule has 0 N–H and O–H groups in total. The van der Waals surface area contributed by atoms with Crippen LogP contribution < -0.4 is 0 Å². The van der Waals surface area contributed by atoms with Gasteiger partial charge in [0.05, 0.1) is 5.69 Å². The SMILES string of the molecule is CC(=O)c1cc(F)ccc1-n1ccnc1C. The first-order valence-electron chi connectivity index (χ1n) is 4.90. The maximum atomic E-state index is 13.1. The Kier molecular flexibility index (Phi) is 2.56. The number of benzene rings is 1. The van der Waals surface area contributed by atoms with Crippen LogP contribution in [-0.2, 0) is 0 Å². The van der Waals surface area contributed by atoms with Crippen molar-refractivity contribution in [1.82, 2.24) is 9.55 Å². The number of hydrogen-bond acceptors (Lipinski definition) is 2. The average molecular weight is 218 g/mol. The van der Waals surface area contributed by atoms with Gasteiger partial charge in [-0.25, -0.2) is 9.37 Å². The van der Waals surface area contributed by atoms with Crippen LogP contribution in [0.2, 0.25) is 0 Å². The van der Waals surface area contributed by atoms with Crippen molar-refractivity contribution in [1.29, 1.82) is 0 Å². The summed E-state index contributed by atoms with van der Waals surface area (Å²) in [6.07, 6.45) is 3.39. The van der Waals surface area contributed by atoms with Crippen molar-refractivity contribution in [3.8, 4) is 5.69 Å². The van der Waals surface area contributed by atoms with Crippen molar-refractivity contribution in [2.45, 2.75) is 13.8 Å². The highest BCUT2D eigenvalue weighted by Crippen LogP contribution is 2.18. The van der Waals surface area contributed by atoms with Gasteiger partial charge in [-0.1, -0.05) is 0 Å². The van der Waals surface area contributed by atoms with Crippen molar-refractivity contribution < 1.29 is 9.18 Å². The van der Waals surface area contributed by atoms with Gasteiger partial charge in [-0.15, -0.1) is 0 Å². The standard InChI is InChI=1S/C12H11FN2O/c1-8(16)11-7-10(13)3-4-12(11)15-6-5-14-9(15)2/h3-7H,1-2H3. The van der Waals surface area contributed by atoms with Gasteiger partial charge in [0.25, 0.3) is 0 Å². The lowest BCUT2D eigenvalue weighted by molar-refractivity contribution is 0.101. The number of carbonyl (C=O) groups is 1. The van der Waals surface area contributed by atoms with Crippen LogP contribution in [0.25, 0.3) is 5.69 Å². The third-order valence-corrected chi connectivity index (χ3v) is 2.42. The summed E-state index contributed by atoms with van der Waals surface area (Å²) < 4.78 is 14.8. The molecule has 0 aliphatic carbocycles. The molecule has 3 nitrogen and oxygen atoms in total. The highest BCUT2D eigenvalue weighted by Gasteiger charge is 2.11. The Morgan fingerprint density at radius 1 is 1.44 bits per heavy atom. The maximum absolute atomic E-state index is 13.1. The molecule has 0 aliphatic rings. The molecule has 2 rings (SSSR count). The molecule has 0 atom stereocenters. The van der Waals surface area contributed by atoms with E-state index < -0.39 is 5.82 Å². The summed E-state index contributed by atoms with van der Waals surface area (Å²) in [4.78, 5) is 15.5. The topological polar surface area (TPSA) is 34.9 Å². The average Bonchev–Trinajstić information content (AvgIpc) is 2.64. The molecule has 0 saturated carbocycles. The lowest BCUT2D eigenvalue weighted by atomic mass is 10.1. The molecule has 0 fully saturated rings. The van der Waals surface area contributed by atoms with Crippen molar-refractivity contribution >= 4 is 5.78 Å². The van der Waals surface area contributed by atoms with E-state index in [1.807, 2.05) is 6.92 Å². The third kappa shape index (κ3) is 1.74. The molecule has 0 radical (unpaired) electrons. The van der Waals surface area contributed by atoms with Gasteiger partial charge in [-0.05, 0) is 32.0 Å². The van der Waals surface area contributed by atoms with Crippen LogP contribution in [-0.4, -0.2) is 15.3 Å². The van der Waals surface area contributed by atoms with Crippen LogP contribution >= 0.6 is 0 Å². The van der Waals surface area contributed by atoms with Gasteiger partial charge in [-0.3, -0.25) is 4.79 Å². The van der Waals surface area contributed by atoms with Crippen molar-refractivity contribution in [3.05, 3.63) is 47.8 Å². The molecule has 0 spiro atoms. The van der Waals surface area contributed by atoms with E-state index in [4.69, 9.17) is 0 Å². The summed E-state index contributed by atoms with van der Waals surface area (Å²) in [6.45, 7) is 3.25. The minimum atomic E-state index is -0.410. The van der Waals surface area contributed by atoms with Crippen LogP contribution in [0.3, 0.4) is 0 Å². The highest BCUT2D eigenvalue weighted by atomic mass is 19.1. The van der Waals surface area contributed by atoms with Gasteiger partial charge < -0.3 is 4.57 Å². The molecule has 0 bridgehead atoms. The van der Waals surface area contributed by atoms with E-state index in [-0.39, 0.29) is 5.78 Å². The summed E-state index contributed by atoms with van der Waals surface area (Å²) in [5.74, 6) is 0.184. The fraction of sp³-hybridized carbons (Fsp3) is 0.167. The molecule has 1 aromatic heterocycles. The number of rotatable bonds is 2. The summed E-state index contributed by atoms with van der Waals surface area (Å²) in [7, 11) is 0. The summed E-state index contributed by atoms with van der Waals surface area (Å²) in [5, 5.41) is 0. The number of imidazole rings is 1. The normalized spacial score (nSPS) is 10.4. The van der Waals surface area contributed by atoms with E-state index in [1.165, 1.54) is 19.1 Å². The Bertz CT molecular complexity index is 546. The number of hydrogen-bond donors (Lipinski definition) is 0. The maximum Gasteiger partial charge on any atom is 0.162 e. The van der Waals surface area contributed by atoms with Gasteiger partial charge in [0.2, 0.25) is 0 Å². The number of ketones is 1. The second-order valence-corrected chi connectivity index (χ2v) is 3.56. The number of nitrogens with zero attached hydrogens (tertiary/aromatic N) is 2. The zero-order valence-electron chi connectivity index (χ0n) is 9.07. The molecule has 2 aromatic rings. The van der Waals surface area contributed by atoms with Crippen LogP contribution in [0.15, 0.2) is 30.6 Å². The van der Waals surface area contributed by atoms with Crippen LogP contribution in [0.4, 0.5) is 4.39 Å². The first-order chi connectivity index (χ1) is 7.59. The first kappa shape index (κ1) is 10.5. The van der Waals surface area contributed by atoms with E-state index in [2.05, 4.69) is 4.98 Å². The zero-order chi connectivity index (χ0) is 11.7. The molecule has 0 saturated heterocycles. The Balaban J connectivity index is 2.65. The Morgan fingerprint density at radius 2 is 2.19 bits per heavy atom. The van der Waals surface area contributed by atoms with Crippen LogP contribution in [0.1, 0.15) is 23.1 Å². The van der Waals surface area contributed by atoms with Crippen LogP contribution in [0, 0.1) is 12.7 Å². The second-order valence-electron chi connectivity index (χ2n) is 3.56. The van der Waals surface area contributed by atoms with E-state index in [0.717, 1.165) is 5.82 Å². The minimum Gasteiger partial charge on any atom is -0.303 e. The predicted molar refractivity (Wildman–Crippen MR) is 58.3 cm³/mol. The quantitative estimate of drug-likeness (QED) is 0.726. The fourth-order valence-corrected chi connectivity index (χ4v) is 1.63. The minimum absolute atomic E-state index is 0.164. The first-order valence-corrected chi connectivity index (χ1v) is 4.90. The largest absolute Gasteiger partial charge is 0.303 e. The Morgan fingerprint density at radius 3 is 2.75 bits per heavy atom. The van der Waals surface area contributed by atoms with Gasteiger partial charge >= 0.3 is 0 Å². The lowest BCUT2D eigenvalue weighted by Gasteiger charge is -2.09. The summed E-state index contributed by atoms with van der Waals surface area (Å²) in [6, 6.07) is 4.17. The molecule has 1 heterocycles. The second kappa shape index (κ2) is 3.89. The van der Waals surface area contributed by atoms with E-state index in [0.29, 0.717) is 11.3 Å². The van der Waals surface area contributed by atoms with Crippen molar-refractivity contribution in [3.63, 3.8) is 0 Å². The molecular formula is C12H11FN2O. The molecule has 1 aromatic carbocycles. The lowest BCUT2D eigenvalue weighted by Crippen LogP contribution is -2.04. The van der Waals surface area contributed by atoms with Crippen molar-refractivity contribution in [2.75, 3.05) is 0 Å². The van der Waals surface area contributed by atoms with Gasteiger partial charge in [-0.2, -0.15) is 0 Å². The highest BCUT2D eigenvalue weighted by molar-refractivity contribution is 5.97. The van der Waals surface area contributed by atoms with Crippen LogP contribution in [0.5, 0.6) is 0 Å². The van der Waals surface area contributed by atoms with Gasteiger partial charge in [0.15, 0.2) is 5.78 Å². The number of carbonyl (C=O) groups excluding carboxylic acids is 1. The number of aryl methyl sites for hydroxylation is 1. The zero-order valence-corrected chi connectivity index (χ0v) is 9.07. The molecule has 0 amide bonds. The summed E-state index contributed by atoms with van der Waals surface area (Å²) >= 11 is 0. The molecule has 16 heavy (non-hydrogen) atoms. The Hall–Kier alpha value is -1.97. The summed E-state index contributed by atoms with van der Waals surface area (Å²) in [5.41, 5.74) is 1.02. The van der Waals surface area contributed by atoms with Gasteiger partial charge in [0.1, 0.15) is 11.6 Å². The van der Waals surface area contributed by atoms with Gasteiger partial charge in [0, 0.05) is 18.0 Å². The van der Waals surface area contributed by atoms with E-state index >= 15 is 0 Å². The van der Waals surface area contributed by atoms with E-state index in [1.54, 1.807) is 23.0 Å². The number of aromatic nitrogens is 2. The molecule has 0 unspecified atom stereocenters. The Labute approximate surface area is 92.5 Å². The molecule has 82 valence electrons. The van der Waals surface area contributed by atoms with Crippen molar-refractivity contribution in [2.24, 2.45) is 0 Å². The smallest absolute Gasteiger partial charge is 0.162 e.